The summed E-state index contributed by atoms with van der Waals surface area (Å²) >= 11 is 5.17. The number of ether oxygens (including phenoxy) is 2. The molecule has 7 nitrogen and oxygen atoms in total. The molecule has 2 bridgehead atoms. The predicted octanol–water partition coefficient (Wildman–Crippen LogP) is 0.404. The molecule has 8 heteroatoms. The number of likely N-dealkylation sites (tertiary alicyclic amines) is 1. The first-order valence-electron chi connectivity index (χ1n) is 7.52. The Morgan fingerprint density at radius 1 is 1.13 bits per heavy atom. The van der Waals surface area contributed by atoms with Crippen LogP contribution in [0.5, 0.6) is 0 Å². The van der Waals surface area contributed by atoms with Gasteiger partial charge in [0.25, 0.3) is 0 Å². The van der Waals surface area contributed by atoms with E-state index in [4.69, 9.17) is 21.1 Å². The number of nitrogens with zero attached hydrogens (tertiary/aromatic N) is 1. The van der Waals surface area contributed by atoms with Gasteiger partial charge in [-0.3, -0.25) is 24.1 Å². The van der Waals surface area contributed by atoms with Gasteiger partial charge in [0.1, 0.15) is 6.61 Å². The van der Waals surface area contributed by atoms with Gasteiger partial charge in [0, 0.05) is 12.8 Å². The van der Waals surface area contributed by atoms with E-state index in [9.17, 15) is 19.2 Å². The molecule has 4 unspecified atom stereocenters. The summed E-state index contributed by atoms with van der Waals surface area (Å²) in [5, 5.41) is -0.497. The summed E-state index contributed by atoms with van der Waals surface area (Å²) in [6.45, 7) is -0.00151. The number of imide groups is 1. The third-order valence-corrected chi connectivity index (χ3v) is 4.52. The zero-order chi connectivity index (χ0) is 16.6. The van der Waals surface area contributed by atoms with Crippen LogP contribution in [0.3, 0.4) is 0 Å². The Bertz CT molecular complexity index is 559. The van der Waals surface area contributed by atoms with Crippen molar-refractivity contribution < 1.29 is 28.7 Å². The molecule has 0 spiro atoms. The topological polar surface area (TPSA) is 90.0 Å². The number of carbonyl (C=O) groups excluding carboxylic acids is 4. The minimum absolute atomic E-state index is 0.0459. The first kappa shape index (κ1) is 16.1. The SMILES string of the molecule is O=C(Cl)CCCC(=O)OCCN1C(=O)C2C3C=CC(O3)C2C1=O. The maximum Gasteiger partial charge on any atom is 0.305 e. The van der Waals surface area contributed by atoms with Gasteiger partial charge in [-0.05, 0) is 18.0 Å². The maximum absolute atomic E-state index is 12.3. The van der Waals surface area contributed by atoms with Crippen LogP contribution < -0.4 is 0 Å². The van der Waals surface area contributed by atoms with Gasteiger partial charge in [0.2, 0.25) is 17.1 Å². The Morgan fingerprint density at radius 3 is 2.30 bits per heavy atom. The molecule has 3 heterocycles. The predicted molar refractivity (Wildman–Crippen MR) is 77.2 cm³/mol. The molecule has 2 fully saturated rings. The Morgan fingerprint density at radius 2 is 1.74 bits per heavy atom. The Balaban J connectivity index is 1.45. The van der Waals surface area contributed by atoms with E-state index in [1.54, 1.807) is 0 Å². The molecule has 2 amide bonds. The van der Waals surface area contributed by atoms with Crippen LogP contribution in [0.25, 0.3) is 0 Å². The molecule has 0 aromatic rings. The van der Waals surface area contributed by atoms with Crippen LogP contribution in [0.4, 0.5) is 0 Å². The van der Waals surface area contributed by atoms with Gasteiger partial charge in [-0.2, -0.15) is 0 Å². The number of fused-ring (bicyclic) bond motifs is 5. The number of rotatable bonds is 7. The van der Waals surface area contributed by atoms with Gasteiger partial charge in [-0.1, -0.05) is 12.2 Å². The van der Waals surface area contributed by atoms with Crippen molar-refractivity contribution >= 4 is 34.6 Å². The summed E-state index contributed by atoms with van der Waals surface area (Å²) in [5.41, 5.74) is 0. The molecular formula is C15H16ClNO6. The molecule has 0 aromatic heterocycles. The number of hydrogen-bond acceptors (Lipinski definition) is 6. The van der Waals surface area contributed by atoms with Crippen molar-refractivity contribution in [3.05, 3.63) is 12.2 Å². The number of halogens is 1. The van der Waals surface area contributed by atoms with Crippen LogP contribution in [0.1, 0.15) is 19.3 Å². The van der Waals surface area contributed by atoms with Crippen molar-refractivity contribution in [2.75, 3.05) is 13.2 Å². The Labute approximate surface area is 137 Å². The maximum atomic E-state index is 12.3. The lowest BCUT2D eigenvalue weighted by Crippen LogP contribution is -2.37. The fraction of sp³-hybridized carbons (Fsp3) is 0.600. The van der Waals surface area contributed by atoms with Crippen molar-refractivity contribution in [3.63, 3.8) is 0 Å². The number of carbonyl (C=O) groups is 4. The molecule has 23 heavy (non-hydrogen) atoms. The molecule has 0 radical (unpaired) electrons. The van der Waals surface area contributed by atoms with Crippen LogP contribution >= 0.6 is 11.6 Å². The lowest BCUT2D eigenvalue weighted by atomic mass is 9.85. The average Bonchev–Trinajstić information content (AvgIpc) is 3.16. The number of esters is 1. The molecule has 2 saturated heterocycles. The molecule has 0 saturated carbocycles. The highest BCUT2D eigenvalue weighted by molar-refractivity contribution is 6.63. The second kappa shape index (κ2) is 6.41. The number of amides is 2. The number of hydrogen-bond donors (Lipinski definition) is 0. The quantitative estimate of drug-likeness (QED) is 0.288. The van der Waals surface area contributed by atoms with Crippen LogP contribution in [-0.2, 0) is 28.7 Å². The highest BCUT2D eigenvalue weighted by Crippen LogP contribution is 2.44. The minimum atomic E-state index is -0.497. The standard InChI is InChI=1S/C15H16ClNO6/c16-10(18)2-1-3-11(19)22-7-6-17-14(20)12-8-4-5-9(23-8)13(12)15(17)21/h4-5,8-9,12-13H,1-3,6-7H2. The fourth-order valence-electron chi connectivity index (χ4n) is 3.28. The normalized spacial score (nSPS) is 30.9. The summed E-state index contributed by atoms with van der Waals surface area (Å²) in [6, 6.07) is 0. The summed E-state index contributed by atoms with van der Waals surface area (Å²) in [6.07, 6.45) is 3.51. The van der Waals surface area contributed by atoms with Gasteiger partial charge in [0.05, 0.1) is 30.6 Å². The summed E-state index contributed by atoms with van der Waals surface area (Å²) in [5.74, 6) is -1.89. The van der Waals surface area contributed by atoms with Gasteiger partial charge < -0.3 is 9.47 Å². The summed E-state index contributed by atoms with van der Waals surface area (Å²) in [7, 11) is 0. The van der Waals surface area contributed by atoms with Crippen molar-refractivity contribution in [2.24, 2.45) is 11.8 Å². The van der Waals surface area contributed by atoms with Crippen molar-refractivity contribution in [2.45, 2.75) is 31.5 Å². The molecule has 3 aliphatic rings. The van der Waals surface area contributed by atoms with Crippen LogP contribution in [0, 0.1) is 11.8 Å². The average molecular weight is 342 g/mol. The monoisotopic (exact) mass is 341 g/mol. The van der Waals surface area contributed by atoms with Crippen molar-refractivity contribution in [1.82, 2.24) is 4.90 Å². The third-order valence-electron chi connectivity index (χ3n) is 4.33. The molecular weight excluding hydrogens is 326 g/mol. The van der Waals surface area contributed by atoms with E-state index in [0.29, 0.717) is 6.42 Å². The van der Waals surface area contributed by atoms with E-state index < -0.39 is 23.0 Å². The fourth-order valence-corrected chi connectivity index (χ4v) is 3.41. The molecule has 0 N–H and O–H groups in total. The molecule has 4 atom stereocenters. The van der Waals surface area contributed by atoms with E-state index in [-0.39, 0.29) is 50.0 Å². The lowest BCUT2D eigenvalue weighted by molar-refractivity contribution is -0.149. The van der Waals surface area contributed by atoms with E-state index in [1.165, 1.54) is 0 Å². The largest absolute Gasteiger partial charge is 0.464 e. The molecule has 124 valence electrons. The van der Waals surface area contributed by atoms with Gasteiger partial charge in [0.15, 0.2) is 0 Å². The highest BCUT2D eigenvalue weighted by Gasteiger charge is 2.60. The van der Waals surface area contributed by atoms with Gasteiger partial charge in [-0.25, -0.2) is 0 Å². The van der Waals surface area contributed by atoms with E-state index in [0.717, 1.165) is 4.90 Å². The molecule has 0 aromatic carbocycles. The Kier molecular flexibility index (Phi) is 4.50. The van der Waals surface area contributed by atoms with Gasteiger partial charge >= 0.3 is 5.97 Å². The second-order valence-electron chi connectivity index (χ2n) is 5.76. The van der Waals surface area contributed by atoms with E-state index in [1.807, 2.05) is 12.2 Å². The smallest absolute Gasteiger partial charge is 0.305 e. The Hall–Kier alpha value is -1.73. The van der Waals surface area contributed by atoms with Crippen molar-refractivity contribution in [3.8, 4) is 0 Å². The summed E-state index contributed by atoms with van der Waals surface area (Å²) < 4.78 is 10.5. The molecule has 0 aliphatic carbocycles. The highest BCUT2D eigenvalue weighted by atomic mass is 35.5. The zero-order valence-corrected chi connectivity index (χ0v) is 13.0. The first-order valence-corrected chi connectivity index (χ1v) is 7.90. The van der Waals surface area contributed by atoms with Crippen LogP contribution in [0.15, 0.2) is 12.2 Å². The molecule has 3 aliphatic heterocycles. The summed E-state index contributed by atoms with van der Waals surface area (Å²) in [4.78, 5) is 47.8. The molecule has 3 rings (SSSR count). The van der Waals surface area contributed by atoms with Crippen molar-refractivity contribution in [1.29, 1.82) is 0 Å². The minimum Gasteiger partial charge on any atom is -0.464 e. The van der Waals surface area contributed by atoms with E-state index >= 15 is 0 Å². The van der Waals surface area contributed by atoms with Gasteiger partial charge in [-0.15, -0.1) is 0 Å². The second-order valence-corrected chi connectivity index (χ2v) is 6.18. The van der Waals surface area contributed by atoms with Crippen LogP contribution in [0.2, 0.25) is 0 Å². The van der Waals surface area contributed by atoms with E-state index in [2.05, 4.69) is 0 Å². The first-order chi connectivity index (χ1) is 11.0. The van der Waals surface area contributed by atoms with Crippen LogP contribution in [-0.4, -0.2) is 53.3 Å². The zero-order valence-electron chi connectivity index (χ0n) is 12.3. The third kappa shape index (κ3) is 3.03. The lowest BCUT2D eigenvalue weighted by Gasteiger charge is -2.17.